The first-order chi connectivity index (χ1) is 8.97. The second-order valence-electron chi connectivity index (χ2n) is 3.71. The lowest BCUT2D eigenvalue weighted by molar-refractivity contribution is 0.102. The fraction of sp³-hybridized carbons (Fsp3) is 0. The average molecular weight is 347 g/mol. The van der Waals surface area contributed by atoms with E-state index in [-0.39, 0.29) is 16.3 Å². The van der Waals surface area contributed by atoms with Gasteiger partial charge >= 0.3 is 0 Å². The Morgan fingerprint density at radius 1 is 1.21 bits per heavy atom. The van der Waals surface area contributed by atoms with Gasteiger partial charge in [-0.3, -0.25) is 4.79 Å². The van der Waals surface area contributed by atoms with E-state index < -0.39 is 17.5 Å². The topological polar surface area (TPSA) is 29.1 Å². The van der Waals surface area contributed by atoms with E-state index in [0.717, 1.165) is 18.2 Å². The van der Waals surface area contributed by atoms with E-state index in [4.69, 9.17) is 11.6 Å². The minimum absolute atomic E-state index is 0.142. The Labute approximate surface area is 121 Å². The van der Waals surface area contributed by atoms with Crippen molar-refractivity contribution >= 4 is 39.1 Å². The molecule has 0 aliphatic carbocycles. The van der Waals surface area contributed by atoms with Crippen LogP contribution in [0.3, 0.4) is 0 Å². The van der Waals surface area contributed by atoms with E-state index in [1.807, 2.05) is 0 Å². The highest BCUT2D eigenvalue weighted by atomic mass is 79.9. The molecule has 1 N–H and O–H groups in total. The maximum absolute atomic E-state index is 13.6. The van der Waals surface area contributed by atoms with E-state index in [9.17, 15) is 13.6 Å². The van der Waals surface area contributed by atoms with Gasteiger partial charge in [0.2, 0.25) is 0 Å². The van der Waals surface area contributed by atoms with Gasteiger partial charge in [-0.1, -0.05) is 17.7 Å². The molecule has 1 amide bonds. The van der Waals surface area contributed by atoms with Gasteiger partial charge in [-0.05, 0) is 46.3 Å². The van der Waals surface area contributed by atoms with E-state index in [0.29, 0.717) is 4.47 Å². The average Bonchev–Trinajstić information content (AvgIpc) is 2.26. The first kappa shape index (κ1) is 14.0. The Bertz CT molecular complexity index is 608. The molecule has 0 spiro atoms. The van der Waals surface area contributed by atoms with Crippen LogP contribution in [-0.4, -0.2) is 5.91 Å². The summed E-state index contributed by atoms with van der Waals surface area (Å²) in [6.45, 7) is 0. The first-order valence-electron chi connectivity index (χ1n) is 5.19. The highest BCUT2D eigenvalue weighted by molar-refractivity contribution is 9.10. The quantitative estimate of drug-likeness (QED) is 0.844. The van der Waals surface area contributed by atoms with Crippen molar-refractivity contribution in [2.45, 2.75) is 0 Å². The number of rotatable bonds is 2. The van der Waals surface area contributed by atoms with Gasteiger partial charge in [-0.25, -0.2) is 8.78 Å². The SMILES string of the molecule is O=C(Nc1cc(F)cc(Cl)c1)c1c(F)cccc1Br. The van der Waals surface area contributed by atoms with Crippen LogP contribution in [0.5, 0.6) is 0 Å². The summed E-state index contributed by atoms with van der Waals surface area (Å²) in [5.74, 6) is -1.95. The van der Waals surface area contributed by atoms with E-state index >= 15 is 0 Å². The lowest BCUT2D eigenvalue weighted by Crippen LogP contribution is -2.14. The number of benzene rings is 2. The smallest absolute Gasteiger partial charge is 0.259 e. The number of carbonyl (C=O) groups is 1. The molecule has 0 saturated heterocycles. The van der Waals surface area contributed by atoms with Crippen LogP contribution in [-0.2, 0) is 0 Å². The van der Waals surface area contributed by atoms with Gasteiger partial charge in [0.1, 0.15) is 11.6 Å². The zero-order valence-corrected chi connectivity index (χ0v) is 11.7. The third-order valence-corrected chi connectivity index (χ3v) is 3.19. The summed E-state index contributed by atoms with van der Waals surface area (Å²) in [7, 11) is 0. The zero-order chi connectivity index (χ0) is 14.0. The molecule has 2 nitrogen and oxygen atoms in total. The van der Waals surface area contributed by atoms with Crippen molar-refractivity contribution in [1.82, 2.24) is 0 Å². The van der Waals surface area contributed by atoms with Crippen molar-refractivity contribution in [3.05, 3.63) is 63.1 Å². The van der Waals surface area contributed by atoms with Gasteiger partial charge in [0.15, 0.2) is 0 Å². The summed E-state index contributed by atoms with van der Waals surface area (Å²) in [5, 5.41) is 2.53. The van der Waals surface area contributed by atoms with Crippen LogP contribution < -0.4 is 5.32 Å². The molecule has 0 atom stereocenters. The third-order valence-electron chi connectivity index (χ3n) is 2.31. The van der Waals surface area contributed by atoms with Gasteiger partial charge in [0, 0.05) is 15.2 Å². The Morgan fingerprint density at radius 3 is 2.58 bits per heavy atom. The van der Waals surface area contributed by atoms with Gasteiger partial charge in [-0.15, -0.1) is 0 Å². The molecular weight excluding hydrogens is 340 g/mol. The molecule has 2 aromatic rings. The van der Waals surface area contributed by atoms with Crippen LogP contribution in [0.4, 0.5) is 14.5 Å². The minimum atomic E-state index is -0.688. The largest absolute Gasteiger partial charge is 0.322 e. The second kappa shape index (κ2) is 5.67. The van der Waals surface area contributed by atoms with E-state index in [1.165, 1.54) is 18.2 Å². The maximum atomic E-state index is 13.6. The molecule has 2 rings (SSSR count). The monoisotopic (exact) mass is 345 g/mol. The van der Waals surface area contributed by atoms with Crippen LogP contribution in [0.25, 0.3) is 0 Å². The predicted octanol–water partition coefficient (Wildman–Crippen LogP) is 4.63. The van der Waals surface area contributed by atoms with Crippen LogP contribution in [0, 0.1) is 11.6 Å². The molecular formula is C13H7BrClF2NO. The molecule has 0 aromatic heterocycles. The van der Waals surface area contributed by atoms with Crippen molar-refractivity contribution < 1.29 is 13.6 Å². The van der Waals surface area contributed by atoms with Crippen LogP contribution in [0.2, 0.25) is 5.02 Å². The van der Waals surface area contributed by atoms with Crippen LogP contribution >= 0.6 is 27.5 Å². The molecule has 0 radical (unpaired) electrons. The number of nitrogens with one attached hydrogen (secondary N) is 1. The summed E-state index contributed by atoms with van der Waals surface area (Å²) in [4.78, 5) is 11.9. The first-order valence-corrected chi connectivity index (χ1v) is 6.36. The Kier molecular flexibility index (Phi) is 4.17. The van der Waals surface area contributed by atoms with Crippen molar-refractivity contribution in [2.24, 2.45) is 0 Å². The van der Waals surface area contributed by atoms with Gasteiger partial charge in [0.25, 0.3) is 5.91 Å². The lowest BCUT2D eigenvalue weighted by atomic mass is 10.2. The molecule has 0 bridgehead atoms. The number of hydrogen-bond donors (Lipinski definition) is 1. The lowest BCUT2D eigenvalue weighted by Gasteiger charge is -2.08. The van der Waals surface area contributed by atoms with E-state index in [2.05, 4.69) is 21.2 Å². The van der Waals surface area contributed by atoms with Crippen LogP contribution in [0.15, 0.2) is 40.9 Å². The molecule has 0 aliphatic rings. The van der Waals surface area contributed by atoms with Crippen LogP contribution in [0.1, 0.15) is 10.4 Å². The molecule has 0 fully saturated rings. The number of anilines is 1. The van der Waals surface area contributed by atoms with Crippen molar-refractivity contribution in [3.63, 3.8) is 0 Å². The third kappa shape index (κ3) is 3.30. The van der Waals surface area contributed by atoms with Gasteiger partial charge < -0.3 is 5.32 Å². The normalized spacial score (nSPS) is 10.3. The maximum Gasteiger partial charge on any atom is 0.259 e. The number of amides is 1. The van der Waals surface area contributed by atoms with Gasteiger partial charge in [0.05, 0.1) is 5.56 Å². The van der Waals surface area contributed by atoms with Crippen molar-refractivity contribution in [3.8, 4) is 0 Å². The highest BCUT2D eigenvalue weighted by Crippen LogP contribution is 2.23. The molecule has 19 heavy (non-hydrogen) atoms. The molecule has 0 heterocycles. The summed E-state index contributed by atoms with van der Waals surface area (Å²) in [6, 6.07) is 7.75. The molecule has 98 valence electrons. The highest BCUT2D eigenvalue weighted by Gasteiger charge is 2.15. The summed E-state index contributed by atoms with van der Waals surface area (Å²) in [6.07, 6.45) is 0. The Hall–Kier alpha value is -1.46. The number of hydrogen-bond acceptors (Lipinski definition) is 1. The van der Waals surface area contributed by atoms with Crippen molar-refractivity contribution in [1.29, 1.82) is 0 Å². The van der Waals surface area contributed by atoms with E-state index in [1.54, 1.807) is 0 Å². The van der Waals surface area contributed by atoms with Crippen molar-refractivity contribution in [2.75, 3.05) is 5.32 Å². The minimum Gasteiger partial charge on any atom is -0.322 e. The molecule has 0 aliphatic heterocycles. The Balaban J connectivity index is 2.31. The standard InChI is InChI=1S/C13H7BrClF2NO/c14-10-2-1-3-11(17)12(10)13(19)18-9-5-7(15)4-8(16)6-9/h1-6H,(H,18,19). The molecule has 0 saturated carbocycles. The fourth-order valence-corrected chi connectivity index (χ4v) is 2.28. The van der Waals surface area contributed by atoms with Gasteiger partial charge in [-0.2, -0.15) is 0 Å². The number of carbonyl (C=O) groups excluding carboxylic acids is 1. The molecule has 2 aromatic carbocycles. The molecule has 6 heteroatoms. The molecule has 0 unspecified atom stereocenters. The Morgan fingerprint density at radius 2 is 1.95 bits per heavy atom. The second-order valence-corrected chi connectivity index (χ2v) is 5.00. The fourth-order valence-electron chi connectivity index (χ4n) is 1.53. The summed E-state index contributed by atoms with van der Waals surface area (Å²) in [5.41, 5.74) is 0.00744. The zero-order valence-electron chi connectivity index (χ0n) is 9.38. The predicted molar refractivity (Wildman–Crippen MR) is 73.5 cm³/mol. The summed E-state index contributed by atoms with van der Waals surface area (Å²) < 4.78 is 27.0. The number of halogens is 4. The summed E-state index contributed by atoms with van der Waals surface area (Å²) >= 11 is 8.76.